The van der Waals surface area contributed by atoms with Crippen molar-refractivity contribution in [2.75, 3.05) is 6.54 Å². The highest BCUT2D eigenvalue weighted by Crippen LogP contribution is 1.96. The van der Waals surface area contributed by atoms with Crippen molar-refractivity contribution in [3.05, 3.63) is 35.9 Å². The van der Waals surface area contributed by atoms with Gasteiger partial charge in [0.05, 0.1) is 6.54 Å². The fourth-order valence-corrected chi connectivity index (χ4v) is 1.17. The largest absolute Gasteiger partial charge is 0.480 e. The number of aliphatic carboxylic acids is 1. The molecule has 19 heavy (non-hydrogen) atoms. The molecule has 0 saturated carbocycles. The third-order valence-corrected chi connectivity index (χ3v) is 2.29. The molecule has 0 heterocycles. The molecule has 7 nitrogen and oxygen atoms in total. The Bertz CT molecular complexity index is 461. The van der Waals surface area contributed by atoms with E-state index in [0.29, 0.717) is 5.56 Å². The van der Waals surface area contributed by atoms with Crippen LogP contribution in [-0.2, 0) is 9.59 Å². The summed E-state index contributed by atoms with van der Waals surface area (Å²) in [5, 5.41) is 11.1. The van der Waals surface area contributed by atoms with Gasteiger partial charge in [-0.05, 0) is 19.1 Å². The second-order valence-corrected chi connectivity index (χ2v) is 3.81. The number of hydrazine groups is 1. The maximum Gasteiger partial charge on any atom is 0.320 e. The Balaban J connectivity index is 2.31. The Labute approximate surface area is 110 Å². The molecule has 0 aliphatic carbocycles. The molecular formula is C12H15N3O4. The molecule has 0 aliphatic rings. The van der Waals surface area contributed by atoms with Crippen LogP contribution in [0.4, 0.5) is 0 Å². The molecule has 2 amide bonds. The summed E-state index contributed by atoms with van der Waals surface area (Å²) in [6.45, 7) is 1.21. The average molecular weight is 265 g/mol. The predicted octanol–water partition coefficient (Wildman–Crippen LogP) is -0.490. The molecule has 0 aromatic heterocycles. The maximum atomic E-state index is 11.6. The quantitative estimate of drug-likeness (QED) is 0.537. The van der Waals surface area contributed by atoms with Crippen LogP contribution in [0, 0.1) is 0 Å². The van der Waals surface area contributed by atoms with E-state index in [0.717, 1.165) is 0 Å². The first-order valence-corrected chi connectivity index (χ1v) is 5.61. The lowest BCUT2D eigenvalue weighted by atomic mass is 10.2. The highest BCUT2D eigenvalue weighted by Gasteiger charge is 2.12. The van der Waals surface area contributed by atoms with Gasteiger partial charge in [-0.25, -0.2) is 0 Å². The molecule has 102 valence electrons. The minimum absolute atomic E-state index is 0.206. The highest BCUT2D eigenvalue weighted by atomic mass is 16.4. The minimum atomic E-state index is -1.05. The zero-order chi connectivity index (χ0) is 14.3. The Kier molecular flexibility index (Phi) is 5.49. The Morgan fingerprint density at radius 2 is 1.79 bits per heavy atom. The number of benzene rings is 1. The molecule has 0 saturated heterocycles. The molecule has 0 aliphatic heterocycles. The first-order valence-electron chi connectivity index (χ1n) is 5.61. The van der Waals surface area contributed by atoms with Crippen LogP contribution in [0.2, 0.25) is 0 Å². The van der Waals surface area contributed by atoms with E-state index in [2.05, 4.69) is 16.2 Å². The number of nitrogens with one attached hydrogen (secondary N) is 3. The van der Waals surface area contributed by atoms with Crippen molar-refractivity contribution in [3.8, 4) is 0 Å². The number of rotatable bonds is 5. The van der Waals surface area contributed by atoms with Crippen molar-refractivity contribution in [3.63, 3.8) is 0 Å². The lowest BCUT2D eigenvalue weighted by Crippen LogP contribution is -2.47. The summed E-state index contributed by atoms with van der Waals surface area (Å²) >= 11 is 0. The molecule has 1 aromatic rings. The van der Waals surface area contributed by atoms with Crippen LogP contribution in [0.5, 0.6) is 0 Å². The second kappa shape index (κ2) is 7.12. The number of amides is 2. The molecule has 0 bridgehead atoms. The van der Waals surface area contributed by atoms with Crippen LogP contribution < -0.4 is 16.2 Å². The van der Waals surface area contributed by atoms with E-state index in [9.17, 15) is 14.4 Å². The summed E-state index contributed by atoms with van der Waals surface area (Å²) in [7, 11) is 0. The van der Waals surface area contributed by atoms with Gasteiger partial charge >= 0.3 is 5.97 Å². The van der Waals surface area contributed by atoms with Crippen LogP contribution in [0.25, 0.3) is 0 Å². The van der Waals surface area contributed by atoms with Gasteiger partial charge in [0.25, 0.3) is 11.8 Å². The summed E-state index contributed by atoms with van der Waals surface area (Å²) < 4.78 is 0. The van der Waals surface area contributed by atoms with Crippen LogP contribution >= 0.6 is 0 Å². The first-order chi connectivity index (χ1) is 9.00. The third kappa shape index (κ3) is 5.17. The summed E-state index contributed by atoms with van der Waals surface area (Å²) in [5.41, 5.74) is 4.82. The van der Waals surface area contributed by atoms with Gasteiger partial charge in [0, 0.05) is 5.56 Å². The minimum Gasteiger partial charge on any atom is -0.480 e. The second-order valence-electron chi connectivity index (χ2n) is 3.81. The molecule has 0 unspecified atom stereocenters. The summed E-state index contributed by atoms with van der Waals surface area (Å²) in [6.07, 6.45) is 0. The zero-order valence-corrected chi connectivity index (χ0v) is 10.3. The van der Waals surface area contributed by atoms with Gasteiger partial charge < -0.3 is 5.11 Å². The Morgan fingerprint density at radius 1 is 1.16 bits per heavy atom. The van der Waals surface area contributed by atoms with E-state index in [1.807, 2.05) is 0 Å². The van der Waals surface area contributed by atoms with Crippen molar-refractivity contribution >= 4 is 17.8 Å². The van der Waals surface area contributed by atoms with Gasteiger partial charge in [0.2, 0.25) is 0 Å². The van der Waals surface area contributed by atoms with E-state index >= 15 is 0 Å². The van der Waals surface area contributed by atoms with Gasteiger partial charge in [0.1, 0.15) is 6.04 Å². The Hall–Kier alpha value is -2.41. The fourth-order valence-electron chi connectivity index (χ4n) is 1.17. The SMILES string of the molecule is C[C@H](NCC(=O)NNC(=O)c1ccccc1)C(=O)O. The maximum absolute atomic E-state index is 11.6. The van der Waals surface area contributed by atoms with E-state index in [1.165, 1.54) is 6.92 Å². The number of hydrogen-bond donors (Lipinski definition) is 4. The van der Waals surface area contributed by atoms with Crippen molar-refractivity contribution in [2.45, 2.75) is 13.0 Å². The van der Waals surface area contributed by atoms with Crippen LogP contribution in [-0.4, -0.2) is 35.5 Å². The third-order valence-electron chi connectivity index (χ3n) is 2.29. The normalized spacial score (nSPS) is 11.4. The van der Waals surface area contributed by atoms with E-state index in [-0.39, 0.29) is 6.54 Å². The molecule has 1 atom stereocenters. The van der Waals surface area contributed by atoms with Gasteiger partial charge in [-0.2, -0.15) is 0 Å². The monoisotopic (exact) mass is 265 g/mol. The summed E-state index contributed by atoms with van der Waals surface area (Å²) in [4.78, 5) is 33.4. The van der Waals surface area contributed by atoms with Crippen molar-refractivity contribution < 1.29 is 19.5 Å². The zero-order valence-electron chi connectivity index (χ0n) is 10.3. The smallest absolute Gasteiger partial charge is 0.320 e. The standard InChI is InChI=1S/C12H15N3O4/c1-8(12(18)19)13-7-10(16)14-15-11(17)9-5-3-2-4-6-9/h2-6,8,13H,7H2,1H3,(H,14,16)(H,15,17)(H,18,19)/t8-/m0/s1. The predicted molar refractivity (Wildman–Crippen MR) is 67.2 cm³/mol. The van der Waals surface area contributed by atoms with Crippen molar-refractivity contribution in [1.29, 1.82) is 0 Å². The lowest BCUT2D eigenvalue weighted by Gasteiger charge is -2.10. The van der Waals surface area contributed by atoms with Crippen LogP contribution in [0.3, 0.4) is 0 Å². The first kappa shape index (κ1) is 14.7. The molecule has 4 N–H and O–H groups in total. The molecule has 0 radical (unpaired) electrons. The van der Waals surface area contributed by atoms with Crippen molar-refractivity contribution in [2.24, 2.45) is 0 Å². The number of carboxylic acid groups (broad SMARTS) is 1. The van der Waals surface area contributed by atoms with Crippen molar-refractivity contribution in [1.82, 2.24) is 16.2 Å². The number of carbonyl (C=O) groups is 3. The van der Waals surface area contributed by atoms with Gasteiger partial charge in [0.15, 0.2) is 0 Å². The fraction of sp³-hybridized carbons (Fsp3) is 0.250. The highest BCUT2D eigenvalue weighted by molar-refractivity contribution is 5.95. The van der Waals surface area contributed by atoms with Crippen LogP contribution in [0.15, 0.2) is 30.3 Å². The molecule has 7 heteroatoms. The Morgan fingerprint density at radius 3 is 2.37 bits per heavy atom. The van der Waals surface area contributed by atoms with Gasteiger partial charge in [-0.15, -0.1) is 0 Å². The van der Waals surface area contributed by atoms with E-state index < -0.39 is 23.8 Å². The molecular weight excluding hydrogens is 250 g/mol. The molecule has 1 aromatic carbocycles. The van der Waals surface area contributed by atoms with E-state index in [1.54, 1.807) is 30.3 Å². The topological polar surface area (TPSA) is 108 Å². The number of carboxylic acids is 1. The summed E-state index contributed by atoms with van der Waals surface area (Å²) in [6, 6.07) is 7.54. The van der Waals surface area contributed by atoms with Crippen LogP contribution in [0.1, 0.15) is 17.3 Å². The van der Waals surface area contributed by atoms with E-state index in [4.69, 9.17) is 5.11 Å². The summed E-state index contributed by atoms with van der Waals surface area (Å²) in [5.74, 6) is -2.03. The molecule has 0 spiro atoms. The molecule has 1 rings (SSSR count). The number of carbonyl (C=O) groups excluding carboxylic acids is 2. The lowest BCUT2D eigenvalue weighted by molar-refractivity contribution is -0.139. The number of hydrogen-bond acceptors (Lipinski definition) is 4. The van der Waals surface area contributed by atoms with Gasteiger partial charge in [-0.3, -0.25) is 30.6 Å². The average Bonchev–Trinajstić information content (AvgIpc) is 2.42. The molecule has 0 fully saturated rings. The van der Waals surface area contributed by atoms with Gasteiger partial charge in [-0.1, -0.05) is 18.2 Å².